The largest absolute Gasteiger partial charge is 0.493 e. The monoisotopic (exact) mass is 299 g/mol. The first-order valence-corrected chi connectivity index (χ1v) is 6.89. The predicted octanol–water partition coefficient (Wildman–Crippen LogP) is 1.85. The van der Waals surface area contributed by atoms with Gasteiger partial charge in [0.05, 0.1) is 25.2 Å². The van der Waals surface area contributed by atoms with E-state index in [-0.39, 0.29) is 11.7 Å². The van der Waals surface area contributed by atoms with Crippen molar-refractivity contribution in [1.82, 2.24) is 0 Å². The molecule has 2 N–H and O–H groups in total. The Hall–Kier alpha value is -1.89. The number of amides is 1. The molecular weight excluding hydrogens is 282 g/mol. The average Bonchev–Trinajstić information content (AvgIpc) is 2.44. The van der Waals surface area contributed by atoms with E-state index in [9.17, 15) is 9.59 Å². The summed E-state index contributed by atoms with van der Waals surface area (Å²) in [5, 5.41) is 10.8. The second kappa shape index (κ2) is 7.64. The number of benzene rings is 1. The van der Waals surface area contributed by atoms with Gasteiger partial charge in [0.2, 0.25) is 5.91 Å². The Balaban J connectivity index is 2.68. The number of thioether (sulfide) groups is 1. The minimum atomic E-state index is -0.944. The summed E-state index contributed by atoms with van der Waals surface area (Å²) in [6.45, 7) is 1.66. The molecule has 6 nitrogen and oxygen atoms in total. The van der Waals surface area contributed by atoms with Gasteiger partial charge in [-0.1, -0.05) is 0 Å². The number of hydrogen-bond acceptors (Lipinski definition) is 5. The molecule has 0 saturated heterocycles. The van der Waals surface area contributed by atoms with Gasteiger partial charge in [-0.3, -0.25) is 9.59 Å². The van der Waals surface area contributed by atoms with Gasteiger partial charge in [-0.05, 0) is 19.1 Å². The highest BCUT2D eigenvalue weighted by Crippen LogP contribution is 2.30. The van der Waals surface area contributed by atoms with Crippen molar-refractivity contribution < 1.29 is 24.2 Å². The van der Waals surface area contributed by atoms with Crippen molar-refractivity contribution in [3.63, 3.8) is 0 Å². The Kier molecular flexibility index (Phi) is 6.17. The van der Waals surface area contributed by atoms with Crippen molar-refractivity contribution in [3.05, 3.63) is 18.2 Å². The molecule has 0 spiro atoms. The minimum Gasteiger partial charge on any atom is -0.493 e. The van der Waals surface area contributed by atoms with Gasteiger partial charge in [0, 0.05) is 11.8 Å². The van der Waals surface area contributed by atoms with E-state index >= 15 is 0 Å². The third kappa shape index (κ3) is 4.65. The van der Waals surface area contributed by atoms with Crippen LogP contribution in [0.2, 0.25) is 0 Å². The number of carboxylic acid groups (broad SMARTS) is 1. The van der Waals surface area contributed by atoms with Crippen molar-refractivity contribution in [2.75, 3.05) is 25.3 Å². The number of methoxy groups -OCH3 is 2. The second-order valence-corrected chi connectivity index (χ2v) is 5.24. The molecule has 0 aliphatic carbocycles. The molecule has 1 unspecified atom stereocenters. The van der Waals surface area contributed by atoms with E-state index in [2.05, 4.69) is 5.32 Å². The van der Waals surface area contributed by atoms with E-state index in [1.165, 1.54) is 14.2 Å². The van der Waals surface area contributed by atoms with E-state index in [0.29, 0.717) is 17.2 Å². The molecule has 0 aliphatic heterocycles. The standard InChI is InChI=1S/C13H17NO5S/c1-8(20-7-12(15)16)13(17)14-9-4-5-10(18-2)11(6-9)19-3/h4-6,8H,7H2,1-3H3,(H,14,17)(H,15,16). The number of rotatable bonds is 7. The van der Waals surface area contributed by atoms with Crippen molar-refractivity contribution in [2.45, 2.75) is 12.2 Å². The molecule has 0 heterocycles. The zero-order valence-electron chi connectivity index (χ0n) is 11.5. The lowest BCUT2D eigenvalue weighted by molar-refractivity contribution is -0.133. The lowest BCUT2D eigenvalue weighted by Gasteiger charge is -2.13. The van der Waals surface area contributed by atoms with E-state index in [1.54, 1.807) is 25.1 Å². The Morgan fingerprint density at radius 2 is 1.95 bits per heavy atom. The first-order valence-electron chi connectivity index (χ1n) is 5.84. The number of aliphatic carboxylic acids is 1. The van der Waals surface area contributed by atoms with Gasteiger partial charge in [-0.25, -0.2) is 0 Å². The van der Waals surface area contributed by atoms with Crippen LogP contribution in [0, 0.1) is 0 Å². The summed E-state index contributed by atoms with van der Waals surface area (Å²) >= 11 is 1.06. The van der Waals surface area contributed by atoms with Crippen LogP contribution in [0.5, 0.6) is 11.5 Å². The highest BCUT2D eigenvalue weighted by Gasteiger charge is 2.15. The number of ether oxygens (including phenoxy) is 2. The number of carbonyl (C=O) groups is 2. The molecule has 0 saturated carbocycles. The quantitative estimate of drug-likeness (QED) is 0.799. The zero-order valence-corrected chi connectivity index (χ0v) is 12.3. The minimum absolute atomic E-state index is 0.111. The maximum absolute atomic E-state index is 11.9. The molecule has 0 bridgehead atoms. The van der Waals surface area contributed by atoms with Crippen LogP contribution >= 0.6 is 11.8 Å². The van der Waals surface area contributed by atoms with Crippen LogP contribution in [0.1, 0.15) is 6.92 Å². The van der Waals surface area contributed by atoms with Gasteiger partial charge in [0.1, 0.15) is 0 Å². The average molecular weight is 299 g/mol. The van der Waals surface area contributed by atoms with Gasteiger partial charge < -0.3 is 19.9 Å². The van der Waals surface area contributed by atoms with E-state index in [0.717, 1.165) is 11.8 Å². The smallest absolute Gasteiger partial charge is 0.313 e. The molecule has 0 fully saturated rings. The van der Waals surface area contributed by atoms with Gasteiger partial charge in [0.25, 0.3) is 0 Å². The Bertz CT molecular complexity index is 492. The molecule has 1 aromatic rings. The maximum atomic E-state index is 11.9. The van der Waals surface area contributed by atoms with E-state index < -0.39 is 11.2 Å². The zero-order chi connectivity index (χ0) is 15.1. The second-order valence-electron chi connectivity index (χ2n) is 3.91. The molecule has 7 heteroatoms. The molecule has 110 valence electrons. The first kappa shape index (κ1) is 16.2. The molecule has 20 heavy (non-hydrogen) atoms. The Labute approximate surface area is 121 Å². The van der Waals surface area contributed by atoms with E-state index in [1.807, 2.05) is 0 Å². The third-order valence-electron chi connectivity index (χ3n) is 2.48. The Morgan fingerprint density at radius 1 is 1.30 bits per heavy atom. The third-order valence-corrected chi connectivity index (χ3v) is 3.60. The fraction of sp³-hybridized carbons (Fsp3) is 0.385. The first-order chi connectivity index (χ1) is 9.47. The van der Waals surface area contributed by atoms with Gasteiger partial charge in [0.15, 0.2) is 11.5 Å². The predicted molar refractivity (Wildman–Crippen MR) is 77.7 cm³/mol. The molecule has 1 amide bonds. The maximum Gasteiger partial charge on any atom is 0.313 e. The summed E-state index contributed by atoms with van der Waals surface area (Å²) in [5.74, 6) is -0.236. The molecule has 0 radical (unpaired) electrons. The highest BCUT2D eigenvalue weighted by atomic mass is 32.2. The molecular formula is C13H17NO5S. The number of anilines is 1. The molecule has 0 aromatic heterocycles. The summed E-state index contributed by atoms with van der Waals surface area (Å²) in [6.07, 6.45) is 0. The van der Waals surface area contributed by atoms with Crippen molar-refractivity contribution >= 4 is 29.3 Å². The molecule has 1 aromatic carbocycles. The van der Waals surface area contributed by atoms with Gasteiger partial charge in [-0.2, -0.15) is 0 Å². The summed E-state index contributed by atoms with van der Waals surface area (Å²) in [5.41, 5.74) is 0.565. The van der Waals surface area contributed by atoms with Crippen LogP contribution in [-0.4, -0.2) is 42.2 Å². The van der Waals surface area contributed by atoms with Crippen molar-refractivity contribution in [2.24, 2.45) is 0 Å². The molecule has 0 aliphatic rings. The van der Waals surface area contributed by atoms with Crippen molar-refractivity contribution in [3.8, 4) is 11.5 Å². The SMILES string of the molecule is COc1ccc(NC(=O)C(C)SCC(=O)O)cc1OC. The number of carbonyl (C=O) groups excluding carboxylic acids is 1. The van der Waals surface area contributed by atoms with Crippen LogP contribution in [0.3, 0.4) is 0 Å². The summed E-state index contributed by atoms with van der Waals surface area (Å²) in [7, 11) is 3.04. The highest BCUT2D eigenvalue weighted by molar-refractivity contribution is 8.01. The summed E-state index contributed by atoms with van der Waals surface area (Å²) in [6, 6.07) is 5.02. The summed E-state index contributed by atoms with van der Waals surface area (Å²) < 4.78 is 10.2. The molecule has 1 rings (SSSR count). The van der Waals surface area contributed by atoms with E-state index in [4.69, 9.17) is 14.6 Å². The van der Waals surface area contributed by atoms with Gasteiger partial charge in [-0.15, -0.1) is 11.8 Å². The number of nitrogens with one attached hydrogen (secondary N) is 1. The normalized spacial score (nSPS) is 11.6. The lowest BCUT2D eigenvalue weighted by Crippen LogP contribution is -2.23. The fourth-order valence-corrected chi connectivity index (χ4v) is 2.03. The van der Waals surface area contributed by atoms with Crippen LogP contribution < -0.4 is 14.8 Å². The number of carboxylic acids is 1. The fourth-order valence-electron chi connectivity index (χ4n) is 1.43. The number of hydrogen-bond donors (Lipinski definition) is 2. The van der Waals surface area contributed by atoms with Crippen LogP contribution in [0.15, 0.2) is 18.2 Å². The molecule has 1 atom stereocenters. The lowest BCUT2D eigenvalue weighted by atomic mass is 10.2. The topological polar surface area (TPSA) is 84.9 Å². The van der Waals surface area contributed by atoms with Crippen LogP contribution in [0.25, 0.3) is 0 Å². The van der Waals surface area contributed by atoms with Crippen LogP contribution in [-0.2, 0) is 9.59 Å². The van der Waals surface area contributed by atoms with Gasteiger partial charge >= 0.3 is 5.97 Å². The van der Waals surface area contributed by atoms with Crippen molar-refractivity contribution in [1.29, 1.82) is 0 Å². The Morgan fingerprint density at radius 3 is 2.50 bits per heavy atom. The van der Waals surface area contributed by atoms with Crippen LogP contribution in [0.4, 0.5) is 5.69 Å². The summed E-state index contributed by atoms with van der Waals surface area (Å²) in [4.78, 5) is 22.3.